The van der Waals surface area contributed by atoms with Gasteiger partial charge in [-0.05, 0) is 56.0 Å². The molecule has 174 valence electrons. The Morgan fingerprint density at radius 3 is 2.91 bits per heavy atom. The molecule has 0 radical (unpaired) electrons. The van der Waals surface area contributed by atoms with Gasteiger partial charge in [-0.25, -0.2) is 4.98 Å². The first-order chi connectivity index (χ1) is 16.4. The second kappa shape index (κ2) is 8.88. The SMILES string of the molecule is CCC(=O)N1CCC2(CC(c3cnc(-c4ccc(OC(C)C)c(C#N)c4)s3)c3ccccc32)C1. The maximum atomic E-state index is 12.4. The van der Waals surface area contributed by atoms with E-state index < -0.39 is 0 Å². The van der Waals surface area contributed by atoms with Crippen LogP contribution in [0.2, 0.25) is 0 Å². The minimum Gasteiger partial charge on any atom is -0.490 e. The van der Waals surface area contributed by atoms with Gasteiger partial charge in [-0.1, -0.05) is 31.2 Å². The molecule has 1 spiro atoms. The number of thiazole rings is 1. The number of amides is 1. The zero-order valence-corrected chi connectivity index (χ0v) is 20.7. The molecule has 1 amide bonds. The molecule has 1 aliphatic carbocycles. The summed E-state index contributed by atoms with van der Waals surface area (Å²) in [6.07, 6.45) is 4.59. The van der Waals surface area contributed by atoms with Crippen LogP contribution in [0.3, 0.4) is 0 Å². The molecule has 2 aromatic carbocycles. The molecule has 5 nitrogen and oxygen atoms in total. The number of carbonyl (C=O) groups excluding carboxylic acids is 1. The maximum absolute atomic E-state index is 12.4. The number of rotatable bonds is 5. The standard InChI is InChI=1S/C28H29N3O2S/c1-4-26(32)31-12-11-28(17-31)14-22(21-7-5-6-8-23(21)28)25-16-30-27(34-25)19-9-10-24(33-18(2)3)20(13-19)15-29/h5-10,13,16,18,22H,4,11-12,14,17H2,1-3H3. The van der Waals surface area contributed by atoms with Crippen LogP contribution in [0.5, 0.6) is 5.75 Å². The molecule has 1 fully saturated rings. The van der Waals surface area contributed by atoms with Gasteiger partial charge in [-0.3, -0.25) is 4.79 Å². The van der Waals surface area contributed by atoms with E-state index in [4.69, 9.17) is 9.72 Å². The molecule has 6 heteroatoms. The molecule has 0 bridgehead atoms. The molecular weight excluding hydrogens is 442 g/mol. The van der Waals surface area contributed by atoms with Crippen LogP contribution < -0.4 is 4.74 Å². The third-order valence-corrected chi connectivity index (χ3v) is 8.25. The van der Waals surface area contributed by atoms with Crippen LogP contribution in [0, 0.1) is 11.3 Å². The van der Waals surface area contributed by atoms with Crippen molar-refractivity contribution in [2.45, 2.75) is 57.5 Å². The highest BCUT2D eigenvalue weighted by Gasteiger charge is 2.49. The van der Waals surface area contributed by atoms with E-state index in [0.29, 0.717) is 17.7 Å². The number of benzene rings is 2. The van der Waals surface area contributed by atoms with Gasteiger partial charge in [0.1, 0.15) is 16.8 Å². The second-order valence-electron chi connectivity index (χ2n) is 9.60. The minimum absolute atomic E-state index is 0.0123. The Balaban J connectivity index is 1.45. The molecule has 2 unspecified atom stereocenters. The summed E-state index contributed by atoms with van der Waals surface area (Å²) >= 11 is 1.70. The van der Waals surface area contributed by atoms with Gasteiger partial charge in [-0.15, -0.1) is 11.3 Å². The van der Waals surface area contributed by atoms with Crippen molar-refractivity contribution in [3.8, 4) is 22.4 Å². The van der Waals surface area contributed by atoms with Crippen molar-refractivity contribution in [3.05, 3.63) is 70.2 Å². The second-order valence-corrected chi connectivity index (χ2v) is 10.7. The molecule has 5 rings (SSSR count). The zero-order valence-electron chi connectivity index (χ0n) is 19.9. The predicted octanol–water partition coefficient (Wildman–Crippen LogP) is 5.88. The minimum atomic E-state index is 0.0123. The van der Waals surface area contributed by atoms with Crippen molar-refractivity contribution in [1.29, 1.82) is 5.26 Å². The number of nitriles is 1. The summed E-state index contributed by atoms with van der Waals surface area (Å²) < 4.78 is 5.77. The molecule has 2 aliphatic rings. The average Bonchev–Trinajstić information content (AvgIpc) is 3.57. The summed E-state index contributed by atoms with van der Waals surface area (Å²) in [6, 6.07) is 16.7. The lowest BCUT2D eigenvalue weighted by molar-refractivity contribution is -0.130. The fourth-order valence-corrected chi connectivity index (χ4v) is 6.56. The molecule has 1 aromatic heterocycles. The van der Waals surface area contributed by atoms with Crippen molar-refractivity contribution in [3.63, 3.8) is 0 Å². The van der Waals surface area contributed by atoms with E-state index >= 15 is 0 Å². The van der Waals surface area contributed by atoms with E-state index in [9.17, 15) is 10.1 Å². The van der Waals surface area contributed by atoms with Gasteiger partial charge in [0.25, 0.3) is 0 Å². The number of likely N-dealkylation sites (tertiary alicyclic amines) is 1. The number of aromatic nitrogens is 1. The smallest absolute Gasteiger partial charge is 0.222 e. The van der Waals surface area contributed by atoms with Crippen LogP contribution in [-0.4, -0.2) is 35.0 Å². The van der Waals surface area contributed by atoms with E-state index in [2.05, 4.69) is 30.3 Å². The first-order valence-corrected chi connectivity index (χ1v) is 12.8. The van der Waals surface area contributed by atoms with Gasteiger partial charge >= 0.3 is 0 Å². The monoisotopic (exact) mass is 471 g/mol. The number of fused-ring (bicyclic) bond motifs is 2. The van der Waals surface area contributed by atoms with Crippen molar-refractivity contribution in [1.82, 2.24) is 9.88 Å². The van der Waals surface area contributed by atoms with Crippen LogP contribution in [0.4, 0.5) is 0 Å². The third kappa shape index (κ3) is 3.88. The van der Waals surface area contributed by atoms with E-state index in [0.717, 1.165) is 36.5 Å². The highest BCUT2D eigenvalue weighted by atomic mass is 32.1. The van der Waals surface area contributed by atoms with Crippen LogP contribution in [0.25, 0.3) is 10.6 Å². The first-order valence-electron chi connectivity index (χ1n) is 12.0. The van der Waals surface area contributed by atoms with Gasteiger partial charge in [0.2, 0.25) is 5.91 Å². The number of carbonyl (C=O) groups is 1. The lowest BCUT2D eigenvalue weighted by Gasteiger charge is -2.25. The molecule has 1 saturated heterocycles. The molecule has 2 heterocycles. The lowest BCUT2D eigenvalue weighted by atomic mass is 9.80. The summed E-state index contributed by atoms with van der Waals surface area (Å²) in [7, 11) is 0. The number of nitrogens with zero attached hydrogens (tertiary/aromatic N) is 3. The van der Waals surface area contributed by atoms with E-state index in [1.165, 1.54) is 16.0 Å². The van der Waals surface area contributed by atoms with Gasteiger partial charge in [0, 0.05) is 47.5 Å². The molecule has 2 atom stereocenters. The summed E-state index contributed by atoms with van der Waals surface area (Å²) in [6.45, 7) is 7.49. The van der Waals surface area contributed by atoms with Gasteiger partial charge in [0.05, 0.1) is 11.7 Å². The largest absolute Gasteiger partial charge is 0.490 e. The normalized spacial score (nSPS) is 21.1. The van der Waals surface area contributed by atoms with Crippen LogP contribution in [0.1, 0.15) is 67.5 Å². The van der Waals surface area contributed by atoms with Gasteiger partial charge in [0.15, 0.2) is 0 Å². The summed E-state index contributed by atoms with van der Waals surface area (Å²) in [5, 5.41) is 10.5. The highest BCUT2D eigenvalue weighted by molar-refractivity contribution is 7.15. The Kier molecular flexibility index (Phi) is 5.91. The molecule has 3 aromatic rings. The molecular formula is C28H29N3O2S. The van der Waals surface area contributed by atoms with Crippen molar-refractivity contribution < 1.29 is 9.53 Å². The average molecular weight is 472 g/mol. The van der Waals surface area contributed by atoms with Gasteiger partial charge in [-0.2, -0.15) is 5.26 Å². The van der Waals surface area contributed by atoms with Crippen LogP contribution in [-0.2, 0) is 10.2 Å². The predicted molar refractivity (Wildman–Crippen MR) is 134 cm³/mol. The van der Waals surface area contributed by atoms with Gasteiger partial charge < -0.3 is 9.64 Å². The fraction of sp³-hybridized carbons (Fsp3) is 0.393. The molecule has 34 heavy (non-hydrogen) atoms. The van der Waals surface area contributed by atoms with Crippen molar-refractivity contribution in [2.75, 3.05) is 13.1 Å². The Morgan fingerprint density at radius 2 is 2.15 bits per heavy atom. The summed E-state index contributed by atoms with van der Waals surface area (Å²) in [5.74, 6) is 1.13. The molecule has 0 N–H and O–H groups in total. The Bertz CT molecular complexity index is 1270. The fourth-order valence-electron chi connectivity index (χ4n) is 5.53. The number of hydrogen-bond donors (Lipinski definition) is 0. The number of ether oxygens (including phenoxy) is 1. The Hall–Kier alpha value is -3.17. The maximum Gasteiger partial charge on any atom is 0.222 e. The topological polar surface area (TPSA) is 66.2 Å². The first kappa shape index (κ1) is 22.6. The third-order valence-electron chi connectivity index (χ3n) is 7.09. The number of hydrogen-bond acceptors (Lipinski definition) is 5. The lowest BCUT2D eigenvalue weighted by Crippen LogP contribution is -2.33. The quantitative estimate of drug-likeness (QED) is 0.466. The van der Waals surface area contributed by atoms with Crippen molar-refractivity contribution >= 4 is 17.2 Å². The van der Waals surface area contributed by atoms with E-state index in [-0.39, 0.29) is 23.3 Å². The summed E-state index contributed by atoms with van der Waals surface area (Å²) in [4.78, 5) is 20.4. The van der Waals surface area contributed by atoms with Crippen molar-refractivity contribution in [2.24, 2.45) is 0 Å². The highest BCUT2D eigenvalue weighted by Crippen LogP contribution is 2.54. The van der Waals surface area contributed by atoms with E-state index in [1.807, 2.05) is 50.1 Å². The van der Waals surface area contributed by atoms with Crippen LogP contribution >= 0.6 is 11.3 Å². The molecule has 1 aliphatic heterocycles. The summed E-state index contributed by atoms with van der Waals surface area (Å²) in [5.41, 5.74) is 4.25. The molecule has 0 saturated carbocycles. The Labute approximate surface area is 205 Å². The zero-order chi connectivity index (χ0) is 23.9. The van der Waals surface area contributed by atoms with E-state index in [1.54, 1.807) is 11.3 Å². The Morgan fingerprint density at radius 1 is 1.32 bits per heavy atom. The van der Waals surface area contributed by atoms with Crippen LogP contribution in [0.15, 0.2) is 48.7 Å².